The third-order valence-electron chi connectivity index (χ3n) is 1.91. The average Bonchev–Trinajstić information content (AvgIpc) is 2.57. The lowest BCUT2D eigenvalue weighted by atomic mass is 10.3. The van der Waals surface area contributed by atoms with E-state index in [1.807, 2.05) is 0 Å². The van der Waals surface area contributed by atoms with Crippen molar-refractivity contribution in [1.82, 2.24) is 5.32 Å². The van der Waals surface area contributed by atoms with E-state index in [0.29, 0.717) is 5.02 Å². The molecule has 0 spiro atoms. The van der Waals surface area contributed by atoms with Crippen LogP contribution in [-0.2, 0) is 0 Å². The Hall–Kier alpha value is -0.430. The first-order chi connectivity index (χ1) is 7.37. The zero-order valence-corrected chi connectivity index (χ0v) is 11.3. The van der Waals surface area contributed by atoms with Gasteiger partial charge < -0.3 is 11.1 Å². The molecule has 0 atom stereocenters. The molecule has 0 aliphatic heterocycles. The Morgan fingerprint density at radius 3 is 2.65 bits per heavy atom. The summed E-state index contributed by atoms with van der Waals surface area (Å²) in [5.41, 5.74) is 5.59. The van der Waals surface area contributed by atoms with Crippen LogP contribution in [0.15, 0.2) is 5.38 Å². The predicted octanol–water partition coefficient (Wildman–Crippen LogP) is 2.46. The summed E-state index contributed by atoms with van der Waals surface area (Å²) in [6, 6.07) is 0. The first-order valence-corrected chi connectivity index (χ1v) is 5.73. The maximum absolute atomic E-state index is 12.8. The summed E-state index contributed by atoms with van der Waals surface area (Å²) in [6.07, 6.45) is 0. The lowest BCUT2D eigenvalue weighted by molar-refractivity contribution is 0.0119. The summed E-state index contributed by atoms with van der Waals surface area (Å²) in [5, 5.41) is 4.10. The van der Waals surface area contributed by atoms with Gasteiger partial charge in [-0.05, 0) is 17.9 Å². The van der Waals surface area contributed by atoms with Gasteiger partial charge in [0.05, 0.1) is 18.1 Å². The Balaban J connectivity index is 0.00000256. The van der Waals surface area contributed by atoms with Crippen molar-refractivity contribution in [3.05, 3.63) is 20.8 Å². The van der Waals surface area contributed by atoms with Crippen LogP contribution >= 0.6 is 35.3 Å². The number of carbonyl (C=O) groups is 1. The predicted molar refractivity (Wildman–Crippen MR) is 67.6 cm³/mol. The summed E-state index contributed by atoms with van der Waals surface area (Å²) in [6.45, 7) is 0.157. The van der Waals surface area contributed by atoms with Crippen LogP contribution in [0.2, 0.25) is 5.02 Å². The highest BCUT2D eigenvalue weighted by atomic mass is 35.5. The topological polar surface area (TPSA) is 55.1 Å². The maximum atomic E-state index is 12.8. The van der Waals surface area contributed by atoms with E-state index in [9.17, 15) is 13.6 Å². The molecule has 1 aromatic heterocycles. The lowest BCUT2D eigenvalue weighted by Crippen LogP contribution is -2.41. The van der Waals surface area contributed by atoms with E-state index < -0.39 is 24.9 Å². The molecule has 17 heavy (non-hydrogen) atoms. The second-order valence-corrected chi connectivity index (χ2v) is 4.56. The summed E-state index contributed by atoms with van der Waals surface area (Å²) >= 11 is 6.95. The highest BCUT2D eigenvalue weighted by molar-refractivity contribution is 7.13. The van der Waals surface area contributed by atoms with E-state index in [2.05, 4.69) is 5.32 Å². The molecule has 0 unspecified atom stereocenters. The standard InChI is InChI=1S/C9H11ClF2N2OS.ClH/c1-5-2-16-7(6(5)10)8(15)14-4-9(11,12)3-13;/h2H,3-4,13H2,1H3,(H,14,15);1H. The quantitative estimate of drug-likeness (QED) is 0.898. The minimum Gasteiger partial charge on any atom is -0.345 e. The number of alkyl halides is 2. The number of hydrogen-bond acceptors (Lipinski definition) is 3. The number of aryl methyl sites for hydroxylation is 1. The molecule has 8 heteroatoms. The fourth-order valence-electron chi connectivity index (χ4n) is 0.945. The Kier molecular flexibility index (Phi) is 6.32. The number of thiophene rings is 1. The smallest absolute Gasteiger partial charge is 0.277 e. The molecule has 0 aliphatic rings. The second-order valence-electron chi connectivity index (χ2n) is 3.30. The minimum absolute atomic E-state index is 0. The highest BCUT2D eigenvalue weighted by Crippen LogP contribution is 2.27. The van der Waals surface area contributed by atoms with Gasteiger partial charge >= 0.3 is 0 Å². The lowest BCUT2D eigenvalue weighted by Gasteiger charge is -2.14. The zero-order valence-electron chi connectivity index (χ0n) is 8.93. The number of hydrogen-bond donors (Lipinski definition) is 2. The van der Waals surface area contributed by atoms with Crippen molar-refractivity contribution in [1.29, 1.82) is 0 Å². The van der Waals surface area contributed by atoms with Crippen LogP contribution in [0.25, 0.3) is 0 Å². The molecule has 0 aliphatic carbocycles. The molecule has 0 fully saturated rings. The molecular weight excluding hydrogens is 293 g/mol. The number of nitrogens with one attached hydrogen (secondary N) is 1. The van der Waals surface area contributed by atoms with Crippen molar-refractivity contribution >= 4 is 41.3 Å². The third kappa shape index (κ3) is 4.39. The van der Waals surface area contributed by atoms with Gasteiger partial charge in [-0.15, -0.1) is 23.7 Å². The molecule has 1 heterocycles. The van der Waals surface area contributed by atoms with E-state index in [-0.39, 0.29) is 17.3 Å². The van der Waals surface area contributed by atoms with Gasteiger partial charge in [0, 0.05) is 0 Å². The molecular formula is C9H12Cl2F2N2OS. The largest absolute Gasteiger partial charge is 0.345 e. The number of carbonyl (C=O) groups excluding carboxylic acids is 1. The Labute approximate surface area is 113 Å². The summed E-state index contributed by atoms with van der Waals surface area (Å²) < 4.78 is 25.5. The Bertz CT molecular complexity index is 398. The molecule has 1 aromatic rings. The zero-order chi connectivity index (χ0) is 12.3. The van der Waals surface area contributed by atoms with E-state index >= 15 is 0 Å². The van der Waals surface area contributed by atoms with Gasteiger partial charge in [0.1, 0.15) is 4.88 Å². The van der Waals surface area contributed by atoms with Gasteiger partial charge in [-0.3, -0.25) is 4.79 Å². The van der Waals surface area contributed by atoms with Crippen molar-refractivity contribution in [2.75, 3.05) is 13.1 Å². The number of halogens is 4. The van der Waals surface area contributed by atoms with Crippen molar-refractivity contribution in [3.8, 4) is 0 Å². The maximum Gasteiger partial charge on any atom is 0.277 e. The van der Waals surface area contributed by atoms with Crippen molar-refractivity contribution in [3.63, 3.8) is 0 Å². The first-order valence-electron chi connectivity index (χ1n) is 4.47. The number of nitrogens with two attached hydrogens (primary N) is 1. The SMILES string of the molecule is Cc1csc(C(=O)NCC(F)(F)CN)c1Cl.Cl. The van der Waals surface area contributed by atoms with Crippen molar-refractivity contribution in [2.45, 2.75) is 12.8 Å². The molecule has 0 saturated heterocycles. The third-order valence-corrected chi connectivity index (χ3v) is 3.61. The fraction of sp³-hybridized carbons (Fsp3) is 0.444. The van der Waals surface area contributed by atoms with Gasteiger partial charge in [0.2, 0.25) is 0 Å². The Morgan fingerprint density at radius 2 is 2.24 bits per heavy atom. The van der Waals surface area contributed by atoms with Crippen LogP contribution in [0.4, 0.5) is 8.78 Å². The average molecular weight is 305 g/mol. The molecule has 0 bridgehead atoms. The summed E-state index contributed by atoms with van der Waals surface area (Å²) in [7, 11) is 0. The van der Waals surface area contributed by atoms with Gasteiger partial charge in [0.25, 0.3) is 11.8 Å². The monoisotopic (exact) mass is 304 g/mol. The molecule has 1 rings (SSSR count). The molecule has 3 N–H and O–H groups in total. The van der Waals surface area contributed by atoms with E-state index in [0.717, 1.165) is 16.9 Å². The Morgan fingerprint density at radius 1 is 1.65 bits per heavy atom. The molecule has 0 aromatic carbocycles. The van der Waals surface area contributed by atoms with Gasteiger partial charge in [-0.1, -0.05) is 11.6 Å². The molecule has 0 saturated carbocycles. The second kappa shape index (κ2) is 6.49. The number of rotatable bonds is 4. The van der Waals surface area contributed by atoms with Gasteiger partial charge in [-0.25, -0.2) is 8.78 Å². The van der Waals surface area contributed by atoms with Gasteiger partial charge in [0.15, 0.2) is 0 Å². The molecule has 98 valence electrons. The van der Waals surface area contributed by atoms with Crippen LogP contribution in [0.1, 0.15) is 15.2 Å². The molecule has 1 amide bonds. The van der Waals surface area contributed by atoms with E-state index in [1.165, 1.54) is 0 Å². The minimum atomic E-state index is -3.09. The van der Waals surface area contributed by atoms with Crippen LogP contribution < -0.4 is 11.1 Å². The van der Waals surface area contributed by atoms with Crippen molar-refractivity contribution < 1.29 is 13.6 Å². The van der Waals surface area contributed by atoms with Gasteiger partial charge in [-0.2, -0.15) is 0 Å². The van der Waals surface area contributed by atoms with Crippen LogP contribution in [0.5, 0.6) is 0 Å². The van der Waals surface area contributed by atoms with Crippen LogP contribution in [-0.4, -0.2) is 24.9 Å². The highest BCUT2D eigenvalue weighted by Gasteiger charge is 2.28. The molecule has 0 radical (unpaired) electrons. The van der Waals surface area contributed by atoms with Crippen LogP contribution in [0, 0.1) is 6.92 Å². The van der Waals surface area contributed by atoms with Crippen LogP contribution in [0.3, 0.4) is 0 Å². The fourth-order valence-corrected chi connectivity index (χ4v) is 2.14. The number of amides is 1. The van der Waals surface area contributed by atoms with E-state index in [1.54, 1.807) is 12.3 Å². The van der Waals surface area contributed by atoms with E-state index in [4.69, 9.17) is 17.3 Å². The summed E-state index contributed by atoms with van der Waals surface area (Å²) in [4.78, 5) is 11.7. The van der Waals surface area contributed by atoms with Crippen molar-refractivity contribution in [2.24, 2.45) is 5.73 Å². The summed E-state index contributed by atoms with van der Waals surface area (Å²) in [5.74, 6) is -3.69. The molecule has 3 nitrogen and oxygen atoms in total. The normalized spacial score (nSPS) is 10.9. The first kappa shape index (κ1) is 16.6.